The molecule has 0 aliphatic rings. The first-order valence-electron chi connectivity index (χ1n) is 7.50. The Morgan fingerprint density at radius 1 is 1.22 bits per heavy atom. The summed E-state index contributed by atoms with van der Waals surface area (Å²) in [5.74, 6) is 0.767. The summed E-state index contributed by atoms with van der Waals surface area (Å²) in [6, 6.07) is 7.08. The number of nitrogens with zero attached hydrogens (tertiary/aromatic N) is 1. The van der Waals surface area contributed by atoms with Gasteiger partial charge in [0, 0.05) is 12.6 Å². The van der Waals surface area contributed by atoms with Crippen LogP contribution in [-0.4, -0.2) is 34.0 Å². The molecule has 0 amide bonds. The molecular formula is C15H27IN4O2S. The van der Waals surface area contributed by atoms with Gasteiger partial charge in [-0.2, -0.15) is 0 Å². The fourth-order valence-electron chi connectivity index (χ4n) is 1.72. The molecule has 0 aliphatic carbocycles. The van der Waals surface area contributed by atoms with Crippen molar-refractivity contribution in [3.05, 3.63) is 29.8 Å². The number of hydrogen-bond donors (Lipinski definition) is 3. The minimum Gasteiger partial charge on any atom is -0.357 e. The largest absolute Gasteiger partial charge is 0.357 e. The highest BCUT2D eigenvalue weighted by Gasteiger charge is 2.10. The van der Waals surface area contributed by atoms with Gasteiger partial charge < -0.3 is 10.6 Å². The van der Waals surface area contributed by atoms with Gasteiger partial charge >= 0.3 is 0 Å². The Hall–Kier alpha value is -0.870. The molecule has 0 saturated heterocycles. The van der Waals surface area contributed by atoms with Gasteiger partial charge in [-0.3, -0.25) is 0 Å². The van der Waals surface area contributed by atoms with Gasteiger partial charge in [0.05, 0.1) is 11.4 Å². The highest BCUT2D eigenvalue weighted by atomic mass is 127. The van der Waals surface area contributed by atoms with Crippen molar-refractivity contribution in [1.29, 1.82) is 0 Å². The lowest BCUT2D eigenvalue weighted by Crippen LogP contribution is -2.41. The van der Waals surface area contributed by atoms with Crippen LogP contribution in [0, 0.1) is 0 Å². The molecule has 1 atom stereocenters. The van der Waals surface area contributed by atoms with E-state index in [-0.39, 0.29) is 28.9 Å². The number of benzene rings is 1. The number of halogens is 1. The molecule has 0 saturated carbocycles. The maximum atomic E-state index is 11.7. The van der Waals surface area contributed by atoms with E-state index in [0.717, 1.165) is 24.5 Å². The van der Waals surface area contributed by atoms with Crippen molar-refractivity contribution < 1.29 is 8.42 Å². The maximum Gasteiger partial charge on any atom is 0.240 e. The van der Waals surface area contributed by atoms with Crippen molar-refractivity contribution in [1.82, 2.24) is 15.4 Å². The van der Waals surface area contributed by atoms with Crippen molar-refractivity contribution >= 4 is 40.0 Å². The predicted octanol–water partition coefficient (Wildman–Crippen LogP) is 2.07. The van der Waals surface area contributed by atoms with E-state index < -0.39 is 10.0 Å². The standard InChI is InChI=1S/C15H26N4O2S.HI/c1-5-12(3)19-15(17-6-2)18-11-13-7-9-14(10-8-13)22(20,21)16-4;/h7-10,12,16H,5-6,11H2,1-4H3,(H2,17,18,19);1H. The summed E-state index contributed by atoms with van der Waals surface area (Å²) in [5, 5.41) is 6.51. The Kier molecular flexibility index (Phi) is 10.4. The summed E-state index contributed by atoms with van der Waals surface area (Å²) < 4.78 is 25.6. The molecule has 8 heteroatoms. The lowest BCUT2D eigenvalue weighted by atomic mass is 10.2. The lowest BCUT2D eigenvalue weighted by Gasteiger charge is -2.16. The minimum atomic E-state index is -3.38. The zero-order valence-corrected chi connectivity index (χ0v) is 17.2. The van der Waals surface area contributed by atoms with Crippen LogP contribution in [0.5, 0.6) is 0 Å². The number of hydrogen-bond acceptors (Lipinski definition) is 3. The zero-order valence-electron chi connectivity index (χ0n) is 14.1. The average molecular weight is 454 g/mol. The molecular weight excluding hydrogens is 427 g/mol. The van der Waals surface area contributed by atoms with Crippen LogP contribution in [0.3, 0.4) is 0 Å². The molecule has 132 valence electrons. The van der Waals surface area contributed by atoms with E-state index >= 15 is 0 Å². The number of sulfonamides is 1. The van der Waals surface area contributed by atoms with Gasteiger partial charge in [-0.15, -0.1) is 24.0 Å². The summed E-state index contributed by atoms with van der Waals surface area (Å²) >= 11 is 0. The summed E-state index contributed by atoms with van der Waals surface area (Å²) in [4.78, 5) is 4.77. The van der Waals surface area contributed by atoms with E-state index in [9.17, 15) is 8.42 Å². The van der Waals surface area contributed by atoms with E-state index in [1.807, 2.05) is 6.92 Å². The summed E-state index contributed by atoms with van der Waals surface area (Å²) in [7, 11) is -1.99. The summed E-state index contributed by atoms with van der Waals surface area (Å²) in [6.07, 6.45) is 1.01. The molecule has 1 rings (SSSR count). The third kappa shape index (κ3) is 7.49. The third-order valence-electron chi connectivity index (χ3n) is 3.26. The van der Waals surface area contributed by atoms with Crippen molar-refractivity contribution in [2.45, 2.75) is 44.7 Å². The molecule has 23 heavy (non-hydrogen) atoms. The molecule has 1 aromatic rings. The number of guanidine groups is 1. The third-order valence-corrected chi connectivity index (χ3v) is 4.69. The van der Waals surface area contributed by atoms with Crippen molar-refractivity contribution in [3.63, 3.8) is 0 Å². The Morgan fingerprint density at radius 3 is 2.30 bits per heavy atom. The van der Waals surface area contributed by atoms with Crippen molar-refractivity contribution in [2.75, 3.05) is 13.6 Å². The van der Waals surface area contributed by atoms with E-state index in [1.54, 1.807) is 24.3 Å². The average Bonchev–Trinajstić information content (AvgIpc) is 2.53. The molecule has 1 unspecified atom stereocenters. The zero-order chi connectivity index (χ0) is 16.6. The molecule has 1 aromatic carbocycles. The molecule has 0 bridgehead atoms. The minimum absolute atomic E-state index is 0. The normalized spacial score (nSPS) is 13.1. The first-order valence-corrected chi connectivity index (χ1v) is 8.98. The van der Waals surface area contributed by atoms with Crippen LogP contribution in [0.25, 0.3) is 0 Å². The first kappa shape index (κ1) is 22.1. The monoisotopic (exact) mass is 454 g/mol. The molecule has 0 aliphatic heterocycles. The van der Waals surface area contributed by atoms with Gasteiger partial charge in [-0.25, -0.2) is 18.1 Å². The van der Waals surface area contributed by atoms with Crippen molar-refractivity contribution in [3.8, 4) is 0 Å². The number of aliphatic imine (C=N–C) groups is 1. The fraction of sp³-hybridized carbons (Fsp3) is 0.533. The summed E-state index contributed by atoms with van der Waals surface area (Å²) in [6.45, 7) is 7.52. The molecule has 0 spiro atoms. The van der Waals surface area contributed by atoms with Crippen LogP contribution in [0.15, 0.2) is 34.2 Å². The van der Waals surface area contributed by atoms with Gasteiger partial charge in [-0.05, 0) is 45.0 Å². The Labute approximate surface area is 156 Å². The predicted molar refractivity (Wildman–Crippen MR) is 106 cm³/mol. The van der Waals surface area contributed by atoms with Gasteiger partial charge in [0.2, 0.25) is 10.0 Å². The molecule has 6 nitrogen and oxygen atoms in total. The molecule has 0 aromatic heterocycles. The number of nitrogens with one attached hydrogen (secondary N) is 3. The van der Waals surface area contributed by atoms with Gasteiger partial charge in [0.15, 0.2) is 5.96 Å². The second-order valence-electron chi connectivity index (χ2n) is 5.00. The van der Waals surface area contributed by atoms with E-state index in [1.165, 1.54) is 7.05 Å². The summed E-state index contributed by atoms with van der Waals surface area (Å²) in [5.41, 5.74) is 0.955. The molecule has 0 fully saturated rings. The smallest absolute Gasteiger partial charge is 0.240 e. The molecule has 0 radical (unpaired) electrons. The van der Waals surface area contributed by atoms with E-state index in [0.29, 0.717) is 12.6 Å². The Balaban J connectivity index is 0.00000484. The van der Waals surface area contributed by atoms with Gasteiger partial charge in [-0.1, -0.05) is 19.1 Å². The topological polar surface area (TPSA) is 82.6 Å². The van der Waals surface area contributed by atoms with Crippen LogP contribution in [-0.2, 0) is 16.6 Å². The molecule has 0 heterocycles. The van der Waals surface area contributed by atoms with Crippen molar-refractivity contribution in [2.24, 2.45) is 4.99 Å². The van der Waals surface area contributed by atoms with Crippen LogP contribution in [0.4, 0.5) is 0 Å². The van der Waals surface area contributed by atoms with Crippen LogP contribution >= 0.6 is 24.0 Å². The highest BCUT2D eigenvalue weighted by molar-refractivity contribution is 14.0. The molecule has 3 N–H and O–H groups in total. The van der Waals surface area contributed by atoms with Crippen LogP contribution < -0.4 is 15.4 Å². The van der Waals surface area contributed by atoms with E-state index in [2.05, 4.69) is 34.2 Å². The van der Waals surface area contributed by atoms with Gasteiger partial charge in [0.1, 0.15) is 0 Å². The highest BCUT2D eigenvalue weighted by Crippen LogP contribution is 2.10. The first-order chi connectivity index (χ1) is 10.4. The second kappa shape index (κ2) is 10.8. The fourth-order valence-corrected chi connectivity index (χ4v) is 2.45. The van der Waals surface area contributed by atoms with E-state index in [4.69, 9.17) is 0 Å². The SMILES string of the molecule is CCNC(=NCc1ccc(S(=O)(=O)NC)cc1)NC(C)CC.I. The Morgan fingerprint density at radius 2 is 1.83 bits per heavy atom. The second-order valence-corrected chi connectivity index (χ2v) is 6.89. The quantitative estimate of drug-likeness (QED) is 0.335. The maximum absolute atomic E-state index is 11.7. The van der Waals surface area contributed by atoms with Gasteiger partial charge in [0.25, 0.3) is 0 Å². The lowest BCUT2D eigenvalue weighted by molar-refractivity contribution is 0.588. The number of rotatable bonds is 7. The van der Waals surface area contributed by atoms with Crippen LogP contribution in [0.2, 0.25) is 0 Å². The van der Waals surface area contributed by atoms with Crippen LogP contribution in [0.1, 0.15) is 32.8 Å². The Bertz CT molecular complexity index is 588.